The van der Waals surface area contributed by atoms with E-state index in [-0.39, 0.29) is 12.1 Å². The molecule has 0 spiro atoms. The first-order valence-electron chi connectivity index (χ1n) is 6.99. The van der Waals surface area contributed by atoms with Gasteiger partial charge in [0.1, 0.15) is 0 Å². The van der Waals surface area contributed by atoms with Crippen LogP contribution in [0, 0.1) is 5.92 Å². The van der Waals surface area contributed by atoms with Crippen molar-refractivity contribution in [2.45, 2.75) is 64.4 Å². The Hall–Kier alpha value is -0.570. The van der Waals surface area contributed by atoms with Crippen molar-refractivity contribution in [3.05, 3.63) is 0 Å². The van der Waals surface area contributed by atoms with Gasteiger partial charge in [-0.1, -0.05) is 39.0 Å². The summed E-state index contributed by atoms with van der Waals surface area (Å²) in [5.74, 6) is 0.223. The Labute approximate surface area is 105 Å². The van der Waals surface area contributed by atoms with E-state index in [4.69, 9.17) is 9.47 Å². The summed E-state index contributed by atoms with van der Waals surface area (Å²) in [6, 6.07) is 0. The van der Waals surface area contributed by atoms with Gasteiger partial charge < -0.3 is 9.47 Å². The molecule has 1 aliphatic carbocycles. The van der Waals surface area contributed by atoms with Crippen molar-refractivity contribution < 1.29 is 14.3 Å². The molecule has 3 nitrogen and oxygen atoms in total. The minimum absolute atomic E-state index is 0.196. The van der Waals surface area contributed by atoms with Crippen molar-refractivity contribution in [3.63, 3.8) is 0 Å². The highest BCUT2D eigenvalue weighted by Crippen LogP contribution is 2.34. The number of methoxy groups -OCH3 is 1. The van der Waals surface area contributed by atoms with Crippen LogP contribution >= 0.6 is 0 Å². The van der Waals surface area contributed by atoms with Crippen molar-refractivity contribution in [1.29, 1.82) is 0 Å². The Kier molecular flexibility index (Phi) is 7.25. The fourth-order valence-electron chi connectivity index (χ4n) is 2.00. The monoisotopic (exact) mass is 242 g/mol. The van der Waals surface area contributed by atoms with Crippen LogP contribution in [-0.2, 0) is 14.3 Å². The summed E-state index contributed by atoms with van der Waals surface area (Å²) in [5.41, 5.74) is 0. The van der Waals surface area contributed by atoms with Gasteiger partial charge in [-0.15, -0.1) is 0 Å². The van der Waals surface area contributed by atoms with Gasteiger partial charge in [-0.3, -0.25) is 0 Å². The summed E-state index contributed by atoms with van der Waals surface area (Å²) < 4.78 is 10.4. The van der Waals surface area contributed by atoms with Crippen LogP contribution in [-0.4, -0.2) is 25.8 Å². The van der Waals surface area contributed by atoms with Gasteiger partial charge in [0.25, 0.3) is 0 Å². The lowest BCUT2D eigenvalue weighted by Gasteiger charge is -2.14. The molecule has 0 aromatic rings. The number of ether oxygens (including phenoxy) is 2. The molecule has 0 N–H and O–H groups in total. The summed E-state index contributed by atoms with van der Waals surface area (Å²) >= 11 is 0. The van der Waals surface area contributed by atoms with E-state index in [1.54, 1.807) is 0 Å². The normalized spacial score (nSPS) is 16.8. The molecule has 100 valence electrons. The zero-order chi connectivity index (χ0) is 12.5. The number of hydrogen-bond donors (Lipinski definition) is 0. The van der Waals surface area contributed by atoms with Crippen LogP contribution in [0.15, 0.2) is 0 Å². The van der Waals surface area contributed by atoms with Crippen LogP contribution < -0.4 is 0 Å². The smallest absolute Gasteiger partial charge is 0.335 e. The quantitative estimate of drug-likeness (QED) is 0.435. The molecule has 1 rings (SSSR count). The van der Waals surface area contributed by atoms with Gasteiger partial charge in [-0.25, -0.2) is 4.79 Å². The fourth-order valence-corrected chi connectivity index (χ4v) is 2.00. The third-order valence-corrected chi connectivity index (χ3v) is 3.28. The molecule has 3 heteroatoms. The third-order valence-electron chi connectivity index (χ3n) is 3.28. The van der Waals surface area contributed by atoms with Crippen molar-refractivity contribution in [2.24, 2.45) is 5.92 Å². The van der Waals surface area contributed by atoms with Crippen LogP contribution in [0.3, 0.4) is 0 Å². The third kappa shape index (κ3) is 6.06. The Morgan fingerprint density at radius 1 is 1.18 bits per heavy atom. The Balaban J connectivity index is 2.01. The van der Waals surface area contributed by atoms with Gasteiger partial charge in [-0.05, 0) is 25.2 Å². The standard InChI is InChI=1S/C14H26O3/c1-3-4-5-6-7-8-11-17-13(12-9-10-12)14(15)16-2/h12-13H,3-11H2,1-2H3. The maximum Gasteiger partial charge on any atom is 0.335 e. The molecular formula is C14H26O3. The second-order valence-electron chi connectivity index (χ2n) is 4.92. The molecular weight excluding hydrogens is 216 g/mol. The molecule has 0 radical (unpaired) electrons. The number of carbonyl (C=O) groups is 1. The Morgan fingerprint density at radius 2 is 1.82 bits per heavy atom. The molecule has 1 unspecified atom stereocenters. The summed E-state index contributed by atoms with van der Waals surface area (Å²) in [4.78, 5) is 11.5. The predicted molar refractivity (Wildman–Crippen MR) is 67.9 cm³/mol. The van der Waals surface area contributed by atoms with Gasteiger partial charge in [0.05, 0.1) is 7.11 Å². The number of carbonyl (C=O) groups excluding carboxylic acids is 1. The molecule has 0 saturated heterocycles. The van der Waals surface area contributed by atoms with Crippen molar-refractivity contribution in [1.82, 2.24) is 0 Å². The number of rotatable bonds is 10. The van der Waals surface area contributed by atoms with E-state index < -0.39 is 0 Å². The average molecular weight is 242 g/mol. The SMILES string of the molecule is CCCCCCCCOC(C(=O)OC)C1CC1. The Morgan fingerprint density at radius 3 is 2.41 bits per heavy atom. The van der Waals surface area contributed by atoms with Crippen LogP contribution in [0.4, 0.5) is 0 Å². The van der Waals surface area contributed by atoms with Crippen molar-refractivity contribution in [2.75, 3.05) is 13.7 Å². The van der Waals surface area contributed by atoms with Crippen molar-refractivity contribution in [3.8, 4) is 0 Å². The summed E-state index contributed by atoms with van der Waals surface area (Å²) in [6.45, 7) is 2.92. The molecule has 0 aromatic heterocycles. The summed E-state index contributed by atoms with van der Waals surface area (Å²) in [7, 11) is 1.44. The lowest BCUT2D eigenvalue weighted by atomic mass is 10.1. The predicted octanol–water partition coefficient (Wildman–Crippen LogP) is 3.32. The number of esters is 1. The lowest BCUT2D eigenvalue weighted by molar-refractivity contribution is -0.155. The number of unbranched alkanes of at least 4 members (excludes halogenated alkanes) is 5. The zero-order valence-electron chi connectivity index (χ0n) is 11.2. The maximum atomic E-state index is 11.5. The first-order valence-corrected chi connectivity index (χ1v) is 6.99. The highest BCUT2D eigenvalue weighted by molar-refractivity contribution is 5.75. The second-order valence-corrected chi connectivity index (χ2v) is 4.92. The second kappa shape index (κ2) is 8.51. The Bertz CT molecular complexity index is 212. The fraction of sp³-hybridized carbons (Fsp3) is 0.929. The molecule has 1 saturated carbocycles. The first kappa shape index (κ1) is 14.5. The van der Waals surface area contributed by atoms with E-state index in [0.29, 0.717) is 12.5 Å². The minimum Gasteiger partial charge on any atom is -0.467 e. The van der Waals surface area contributed by atoms with Crippen molar-refractivity contribution >= 4 is 5.97 Å². The molecule has 0 amide bonds. The highest BCUT2D eigenvalue weighted by Gasteiger charge is 2.37. The largest absolute Gasteiger partial charge is 0.467 e. The topological polar surface area (TPSA) is 35.5 Å². The minimum atomic E-state index is -0.296. The summed E-state index contributed by atoms with van der Waals surface area (Å²) in [6.07, 6.45) is 9.39. The van der Waals surface area contributed by atoms with Gasteiger partial charge in [0.15, 0.2) is 6.10 Å². The van der Waals surface area contributed by atoms with E-state index >= 15 is 0 Å². The van der Waals surface area contributed by atoms with E-state index in [0.717, 1.165) is 19.3 Å². The van der Waals surface area contributed by atoms with Crippen LogP contribution in [0.1, 0.15) is 58.3 Å². The molecule has 0 aromatic carbocycles. The molecule has 1 atom stereocenters. The van der Waals surface area contributed by atoms with Gasteiger partial charge in [-0.2, -0.15) is 0 Å². The molecule has 1 fully saturated rings. The van der Waals surface area contributed by atoms with Gasteiger partial charge in [0, 0.05) is 6.61 Å². The molecule has 0 bridgehead atoms. The summed E-state index contributed by atoms with van der Waals surface area (Å²) in [5, 5.41) is 0. The van der Waals surface area contributed by atoms with E-state index in [1.807, 2.05) is 0 Å². The van der Waals surface area contributed by atoms with E-state index in [1.165, 1.54) is 39.2 Å². The van der Waals surface area contributed by atoms with Crippen LogP contribution in [0.2, 0.25) is 0 Å². The van der Waals surface area contributed by atoms with Gasteiger partial charge in [0.2, 0.25) is 0 Å². The maximum absolute atomic E-state index is 11.5. The van der Waals surface area contributed by atoms with Crippen LogP contribution in [0.5, 0.6) is 0 Å². The van der Waals surface area contributed by atoms with E-state index in [2.05, 4.69) is 6.92 Å². The molecule has 0 aliphatic heterocycles. The molecule has 17 heavy (non-hydrogen) atoms. The zero-order valence-corrected chi connectivity index (χ0v) is 11.2. The van der Waals surface area contributed by atoms with Gasteiger partial charge >= 0.3 is 5.97 Å². The molecule has 0 heterocycles. The average Bonchev–Trinajstić information content (AvgIpc) is 3.16. The first-order chi connectivity index (χ1) is 8.29. The number of hydrogen-bond acceptors (Lipinski definition) is 3. The van der Waals surface area contributed by atoms with E-state index in [9.17, 15) is 4.79 Å². The molecule has 1 aliphatic rings. The highest BCUT2D eigenvalue weighted by atomic mass is 16.6. The lowest BCUT2D eigenvalue weighted by Crippen LogP contribution is -2.28. The van der Waals surface area contributed by atoms with Crippen LogP contribution in [0.25, 0.3) is 0 Å².